The number of allylic oxidation sites excluding steroid dienone is 1. The Hall–Kier alpha value is -0.460. The molecule has 0 N–H and O–H groups in total. The van der Waals surface area contributed by atoms with Crippen LogP contribution in [0.15, 0.2) is 12.7 Å². The van der Waals surface area contributed by atoms with Gasteiger partial charge in [-0.15, -0.1) is 6.58 Å². The molecule has 2 aliphatic rings. The molecule has 2 fully saturated rings. The summed E-state index contributed by atoms with van der Waals surface area (Å²) >= 11 is 0. The molecule has 2 heterocycles. The van der Waals surface area contributed by atoms with Gasteiger partial charge in [0.15, 0.2) is 12.1 Å². The molecular formula is C20H36O5. The smallest absolute Gasteiger partial charge is 0.190 e. The highest BCUT2D eigenvalue weighted by Crippen LogP contribution is 2.46. The van der Waals surface area contributed by atoms with Gasteiger partial charge < -0.3 is 23.7 Å². The van der Waals surface area contributed by atoms with Crippen molar-refractivity contribution in [2.24, 2.45) is 0 Å². The Morgan fingerprint density at radius 1 is 1.04 bits per heavy atom. The van der Waals surface area contributed by atoms with Crippen molar-refractivity contribution in [3.05, 3.63) is 12.7 Å². The molecule has 0 aromatic carbocycles. The van der Waals surface area contributed by atoms with E-state index in [9.17, 15) is 0 Å². The minimum atomic E-state index is -0.643. The lowest BCUT2D eigenvalue weighted by Gasteiger charge is -2.36. The third kappa shape index (κ3) is 5.27. The molecule has 2 rings (SSSR count). The fraction of sp³-hybridized carbons (Fsp3) is 0.900. The Labute approximate surface area is 153 Å². The number of hydrogen-bond acceptors (Lipinski definition) is 5. The largest absolute Gasteiger partial charge is 0.378 e. The van der Waals surface area contributed by atoms with E-state index >= 15 is 0 Å². The normalized spacial score (nSPS) is 33.5. The molecule has 5 nitrogen and oxygen atoms in total. The molecule has 5 heteroatoms. The molecule has 4 atom stereocenters. The zero-order valence-electron chi connectivity index (χ0n) is 16.4. The monoisotopic (exact) mass is 356 g/mol. The lowest BCUT2D eigenvalue weighted by atomic mass is 9.90. The van der Waals surface area contributed by atoms with Crippen molar-refractivity contribution in [3.63, 3.8) is 0 Å². The number of ether oxygens (including phenoxy) is 5. The topological polar surface area (TPSA) is 46.2 Å². The first-order valence-electron chi connectivity index (χ1n) is 9.81. The summed E-state index contributed by atoms with van der Waals surface area (Å²) in [6.07, 6.45) is 7.02. The van der Waals surface area contributed by atoms with Crippen LogP contribution < -0.4 is 0 Å². The van der Waals surface area contributed by atoms with Crippen molar-refractivity contribution in [3.8, 4) is 0 Å². The maximum atomic E-state index is 6.39. The van der Waals surface area contributed by atoms with Gasteiger partial charge in [0.25, 0.3) is 0 Å². The van der Waals surface area contributed by atoms with Crippen molar-refractivity contribution in [2.45, 2.75) is 96.1 Å². The van der Waals surface area contributed by atoms with Gasteiger partial charge in [0, 0.05) is 13.2 Å². The summed E-state index contributed by atoms with van der Waals surface area (Å²) < 4.78 is 30.7. The van der Waals surface area contributed by atoms with Gasteiger partial charge in [0.05, 0.1) is 6.61 Å². The first kappa shape index (κ1) is 20.8. The molecule has 2 saturated heterocycles. The van der Waals surface area contributed by atoms with Crippen LogP contribution in [0.3, 0.4) is 0 Å². The van der Waals surface area contributed by atoms with Gasteiger partial charge in [-0.2, -0.15) is 0 Å². The SMILES string of the molecule is C=CCC[C@]1(COCCCC)O[C@@H]2OC(C)(C)O[C@H]2C1OCCCC. The van der Waals surface area contributed by atoms with Crippen molar-refractivity contribution >= 4 is 0 Å². The van der Waals surface area contributed by atoms with E-state index in [1.165, 1.54) is 0 Å². The highest BCUT2D eigenvalue weighted by molar-refractivity contribution is 5.05. The summed E-state index contributed by atoms with van der Waals surface area (Å²) in [6, 6.07) is 0. The second kappa shape index (κ2) is 9.47. The van der Waals surface area contributed by atoms with Crippen LogP contribution in [0.4, 0.5) is 0 Å². The van der Waals surface area contributed by atoms with Crippen LogP contribution in [-0.4, -0.2) is 49.7 Å². The van der Waals surface area contributed by atoms with Crippen molar-refractivity contribution in [2.75, 3.05) is 19.8 Å². The molecule has 2 aliphatic heterocycles. The highest BCUT2D eigenvalue weighted by Gasteiger charge is 2.62. The standard InChI is InChI=1S/C20H36O5/c1-6-9-12-20(15-21-13-10-7-2)17(22-14-11-8-3)16-18(25-20)24-19(4,5)23-16/h6,16-18H,1,7-15H2,2-5H3/t16-,17?,18-,20+/m0/s1. The molecule has 0 bridgehead atoms. The second-order valence-electron chi connectivity index (χ2n) is 7.53. The Morgan fingerprint density at radius 2 is 1.76 bits per heavy atom. The van der Waals surface area contributed by atoms with Crippen LogP contribution in [0.2, 0.25) is 0 Å². The number of unbranched alkanes of at least 4 members (excludes halogenated alkanes) is 2. The van der Waals surface area contributed by atoms with Gasteiger partial charge in [0.2, 0.25) is 0 Å². The average molecular weight is 357 g/mol. The third-order valence-corrected chi connectivity index (χ3v) is 4.81. The molecule has 146 valence electrons. The van der Waals surface area contributed by atoms with E-state index in [4.69, 9.17) is 23.7 Å². The van der Waals surface area contributed by atoms with Crippen LogP contribution in [0.5, 0.6) is 0 Å². The first-order chi connectivity index (χ1) is 12.0. The van der Waals surface area contributed by atoms with Crippen molar-refractivity contribution < 1.29 is 23.7 Å². The molecule has 0 radical (unpaired) electrons. The highest BCUT2D eigenvalue weighted by atomic mass is 16.8. The Balaban J connectivity index is 2.13. The van der Waals surface area contributed by atoms with Crippen LogP contribution >= 0.6 is 0 Å². The summed E-state index contributed by atoms with van der Waals surface area (Å²) in [5.41, 5.74) is -0.540. The van der Waals surface area contributed by atoms with Crippen molar-refractivity contribution in [1.82, 2.24) is 0 Å². The fourth-order valence-corrected chi connectivity index (χ4v) is 3.48. The van der Waals surface area contributed by atoms with E-state index in [2.05, 4.69) is 20.4 Å². The maximum Gasteiger partial charge on any atom is 0.190 e. The molecule has 0 aromatic heterocycles. The maximum absolute atomic E-state index is 6.39. The van der Waals surface area contributed by atoms with Crippen LogP contribution in [0.1, 0.15) is 66.2 Å². The Bertz CT molecular complexity index is 411. The Kier molecular flexibility index (Phi) is 7.90. The van der Waals surface area contributed by atoms with Gasteiger partial charge >= 0.3 is 0 Å². The summed E-state index contributed by atoms with van der Waals surface area (Å²) in [6.45, 7) is 13.9. The minimum Gasteiger partial charge on any atom is -0.378 e. The summed E-state index contributed by atoms with van der Waals surface area (Å²) in [5.74, 6) is -0.643. The molecule has 0 saturated carbocycles. The molecule has 0 amide bonds. The number of fused-ring (bicyclic) bond motifs is 1. The lowest BCUT2D eigenvalue weighted by molar-refractivity contribution is -0.254. The zero-order valence-corrected chi connectivity index (χ0v) is 16.4. The molecule has 0 spiro atoms. The fourth-order valence-electron chi connectivity index (χ4n) is 3.48. The summed E-state index contributed by atoms with van der Waals surface area (Å²) in [4.78, 5) is 0. The van der Waals surface area contributed by atoms with Gasteiger partial charge in [-0.1, -0.05) is 32.8 Å². The number of rotatable bonds is 12. The van der Waals surface area contributed by atoms with Gasteiger partial charge in [0.1, 0.15) is 17.8 Å². The van der Waals surface area contributed by atoms with Crippen LogP contribution in [0, 0.1) is 0 Å². The van der Waals surface area contributed by atoms with E-state index in [1.807, 2.05) is 19.9 Å². The minimum absolute atomic E-state index is 0.188. The Morgan fingerprint density at radius 3 is 2.44 bits per heavy atom. The molecule has 1 unspecified atom stereocenters. The lowest BCUT2D eigenvalue weighted by Crippen LogP contribution is -2.50. The van der Waals surface area contributed by atoms with Crippen molar-refractivity contribution in [1.29, 1.82) is 0 Å². The molecular weight excluding hydrogens is 320 g/mol. The molecule has 25 heavy (non-hydrogen) atoms. The molecule has 0 aliphatic carbocycles. The average Bonchev–Trinajstić information content (AvgIpc) is 3.00. The predicted octanol–water partition coefficient (Wildman–Crippen LogP) is 4.20. The van der Waals surface area contributed by atoms with Gasteiger partial charge in [-0.05, 0) is 39.5 Å². The van der Waals surface area contributed by atoms with Crippen LogP contribution in [-0.2, 0) is 23.7 Å². The van der Waals surface area contributed by atoms with Gasteiger partial charge in [-0.3, -0.25) is 0 Å². The van der Waals surface area contributed by atoms with E-state index in [0.717, 1.165) is 45.1 Å². The summed E-state index contributed by atoms with van der Waals surface area (Å²) in [7, 11) is 0. The quantitative estimate of drug-likeness (QED) is 0.387. The third-order valence-electron chi connectivity index (χ3n) is 4.81. The predicted molar refractivity (Wildman–Crippen MR) is 97.4 cm³/mol. The summed E-state index contributed by atoms with van der Waals surface area (Å²) in [5, 5.41) is 0. The second-order valence-corrected chi connectivity index (χ2v) is 7.53. The van der Waals surface area contributed by atoms with E-state index in [0.29, 0.717) is 13.2 Å². The van der Waals surface area contributed by atoms with E-state index < -0.39 is 17.7 Å². The van der Waals surface area contributed by atoms with E-state index in [-0.39, 0.29) is 12.2 Å². The first-order valence-corrected chi connectivity index (χ1v) is 9.81. The molecule has 0 aromatic rings. The number of hydrogen-bond donors (Lipinski definition) is 0. The van der Waals surface area contributed by atoms with Gasteiger partial charge in [-0.25, -0.2) is 0 Å². The zero-order chi connectivity index (χ0) is 18.3. The van der Waals surface area contributed by atoms with E-state index in [1.54, 1.807) is 0 Å². The van der Waals surface area contributed by atoms with Crippen LogP contribution in [0.25, 0.3) is 0 Å².